The van der Waals surface area contributed by atoms with Crippen molar-refractivity contribution in [1.82, 2.24) is 15.1 Å². The number of anilines is 1. The van der Waals surface area contributed by atoms with E-state index < -0.39 is 0 Å². The molecule has 1 saturated heterocycles. The fourth-order valence-corrected chi connectivity index (χ4v) is 3.31. The zero-order chi connectivity index (χ0) is 17.4. The number of fused-ring (bicyclic) bond motifs is 1. The molecule has 1 unspecified atom stereocenters. The van der Waals surface area contributed by atoms with Crippen molar-refractivity contribution in [1.29, 1.82) is 0 Å². The summed E-state index contributed by atoms with van der Waals surface area (Å²) in [6, 6.07) is 11.9. The van der Waals surface area contributed by atoms with Crippen LogP contribution < -0.4 is 5.32 Å². The summed E-state index contributed by atoms with van der Waals surface area (Å²) in [7, 11) is 2.03. The topological polar surface area (TPSA) is 61.0 Å². The predicted octanol–water partition coefficient (Wildman–Crippen LogP) is 3.26. The van der Waals surface area contributed by atoms with Crippen LogP contribution in [0.15, 0.2) is 42.5 Å². The normalized spacial score (nSPS) is 17.9. The highest BCUT2D eigenvalue weighted by molar-refractivity contribution is 5.99. The minimum absolute atomic E-state index is 0.0293. The number of aromatic nitrogens is 2. The molecule has 1 aliphatic rings. The second kappa shape index (κ2) is 6.29. The van der Waals surface area contributed by atoms with Gasteiger partial charge in [-0.2, -0.15) is 5.10 Å². The number of halogens is 1. The lowest BCUT2D eigenvalue weighted by Gasteiger charge is -2.11. The third-order valence-electron chi connectivity index (χ3n) is 4.71. The van der Waals surface area contributed by atoms with Crippen molar-refractivity contribution in [3.8, 4) is 11.3 Å². The van der Waals surface area contributed by atoms with E-state index in [-0.39, 0.29) is 17.6 Å². The van der Waals surface area contributed by atoms with Crippen molar-refractivity contribution in [2.24, 2.45) is 5.92 Å². The van der Waals surface area contributed by atoms with Crippen molar-refractivity contribution >= 4 is 22.5 Å². The summed E-state index contributed by atoms with van der Waals surface area (Å²) in [5.74, 6) is -0.199. The summed E-state index contributed by atoms with van der Waals surface area (Å²) in [4.78, 5) is 14.6. The SMILES string of the molecule is CN1CCC(C(=O)Nc2ccc3[nH]nc(-c4ccc(F)cc4)c3c2)C1. The van der Waals surface area contributed by atoms with Crippen LogP contribution in [0.1, 0.15) is 6.42 Å². The smallest absolute Gasteiger partial charge is 0.228 e. The lowest BCUT2D eigenvalue weighted by molar-refractivity contribution is -0.119. The second-order valence-corrected chi connectivity index (χ2v) is 6.58. The Morgan fingerprint density at radius 3 is 2.80 bits per heavy atom. The van der Waals surface area contributed by atoms with Crippen LogP contribution >= 0.6 is 0 Å². The number of nitrogens with zero attached hydrogens (tertiary/aromatic N) is 2. The van der Waals surface area contributed by atoms with Crippen molar-refractivity contribution in [3.05, 3.63) is 48.3 Å². The van der Waals surface area contributed by atoms with Gasteiger partial charge in [0, 0.05) is 23.2 Å². The third kappa shape index (κ3) is 3.13. The molecule has 5 nitrogen and oxygen atoms in total. The first-order valence-corrected chi connectivity index (χ1v) is 8.33. The van der Waals surface area contributed by atoms with E-state index in [1.807, 2.05) is 25.2 Å². The van der Waals surface area contributed by atoms with Gasteiger partial charge in [-0.1, -0.05) is 0 Å². The Bertz CT molecular complexity index is 919. The Morgan fingerprint density at radius 2 is 2.08 bits per heavy atom. The molecule has 2 N–H and O–H groups in total. The number of amides is 1. The maximum absolute atomic E-state index is 13.1. The van der Waals surface area contributed by atoms with Gasteiger partial charge in [-0.3, -0.25) is 9.89 Å². The van der Waals surface area contributed by atoms with E-state index in [2.05, 4.69) is 20.4 Å². The first-order valence-electron chi connectivity index (χ1n) is 8.33. The molecule has 3 aromatic rings. The molecule has 0 saturated carbocycles. The average molecular weight is 338 g/mol. The Morgan fingerprint density at radius 1 is 1.28 bits per heavy atom. The standard InChI is InChI=1S/C19H19FN4O/c1-24-9-8-13(11-24)19(25)21-15-6-7-17-16(10-15)18(23-22-17)12-2-4-14(20)5-3-12/h2-7,10,13H,8-9,11H2,1H3,(H,21,25)(H,22,23). The number of carbonyl (C=O) groups excluding carboxylic acids is 1. The molecule has 1 aliphatic heterocycles. The Kier molecular flexibility index (Phi) is 3.97. The van der Waals surface area contributed by atoms with Crippen molar-refractivity contribution < 1.29 is 9.18 Å². The van der Waals surface area contributed by atoms with E-state index >= 15 is 0 Å². The van der Waals surface area contributed by atoms with E-state index in [9.17, 15) is 9.18 Å². The number of likely N-dealkylation sites (tertiary alicyclic amines) is 1. The summed E-state index contributed by atoms with van der Waals surface area (Å²) in [6.07, 6.45) is 0.886. The molecule has 1 aromatic heterocycles. The monoisotopic (exact) mass is 338 g/mol. The number of hydrogen-bond donors (Lipinski definition) is 2. The highest BCUT2D eigenvalue weighted by atomic mass is 19.1. The summed E-state index contributed by atoms with van der Waals surface area (Å²) in [6.45, 7) is 1.74. The maximum Gasteiger partial charge on any atom is 0.228 e. The number of H-pyrrole nitrogens is 1. The van der Waals surface area contributed by atoms with Crippen LogP contribution in [0.2, 0.25) is 0 Å². The lowest BCUT2D eigenvalue weighted by atomic mass is 10.1. The van der Waals surface area contributed by atoms with Gasteiger partial charge in [0.05, 0.1) is 17.1 Å². The molecule has 2 heterocycles. The molecule has 1 atom stereocenters. The molecule has 4 rings (SSSR count). The number of rotatable bonds is 3. The minimum atomic E-state index is -0.280. The Labute approximate surface area is 144 Å². The van der Waals surface area contributed by atoms with Crippen LogP contribution in [0.3, 0.4) is 0 Å². The molecule has 0 aliphatic carbocycles. The van der Waals surface area contributed by atoms with Gasteiger partial charge in [-0.05, 0) is 62.5 Å². The van der Waals surface area contributed by atoms with Gasteiger partial charge >= 0.3 is 0 Å². The second-order valence-electron chi connectivity index (χ2n) is 6.58. The zero-order valence-corrected chi connectivity index (χ0v) is 13.9. The van der Waals surface area contributed by atoms with E-state index in [4.69, 9.17) is 0 Å². The fourth-order valence-electron chi connectivity index (χ4n) is 3.31. The van der Waals surface area contributed by atoms with E-state index in [1.54, 1.807) is 12.1 Å². The molecular formula is C19H19FN4O. The van der Waals surface area contributed by atoms with Crippen molar-refractivity contribution in [3.63, 3.8) is 0 Å². The largest absolute Gasteiger partial charge is 0.326 e. The minimum Gasteiger partial charge on any atom is -0.326 e. The zero-order valence-electron chi connectivity index (χ0n) is 13.9. The van der Waals surface area contributed by atoms with Gasteiger partial charge in [-0.15, -0.1) is 0 Å². The van der Waals surface area contributed by atoms with Crippen LogP contribution in [0.5, 0.6) is 0 Å². The molecule has 6 heteroatoms. The summed E-state index contributed by atoms with van der Waals surface area (Å²) >= 11 is 0. The number of benzene rings is 2. The van der Waals surface area contributed by atoms with Gasteiger partial charge in [-0.25, -0.2) is 4.39 Å². The first kappa shape index (κ1) is 15.8. The summed E-state index contributed by atoms with van der Waals surface area (Å²) < 4.78 is 13.1. The highest BCUT2D eigenvalue weighted by Crippen LogP contribution is 2.29. The molecule has 1 fully saturated rings. The molecular weight excluding hydrogens is 319 g/mol. The van der Waals surface area contributed by atoms with E-state index in [0.717, 1.165) is 47.4 Å². The molecule has 128 valence electrons. The third-order valence-corrected chi connectivity index (χ3v) is 4.71. The lowest BCUT2D eigenvalue weighted by Crippen LogP contribution is -2.25. The number of hydrogen-bond acceptors (Lipinski definition) is 3. The number of carbonyl (C=O) groups is 1. The van der Waals surface area contributed by atoms with Crippen LogP contribution in [-0.4, -0.2) is 41.1 Å². The summed E-state index contributed by atoms with van der Waals surface area (Å²) in [5, 5.41) is 11.2. The van der Waals surface area contributed by atoms with E-state index in [1.165, 1.54) is 12.1 Å². The predicted molar refractivity (Wildman–Crippen MR) is 95.7 cm³/mol. The van der Waals surface area contributed by atoms with Gasteiger partial charge in [0.15, 0.2) is 0 Å². The van der Waals surface area contributed by atoms with E-state index in [0.29, 0.717) is 0 Å². The maximum atomic E-state index is 13.1. The molecule has 1 amide bonds. The number of aromatic amines is 1. The van der Waals surface area contributed by atoms with Crippen LogP contribution in [0.25, 0.3) is 22.2 Å². The molecule has 25 heavy (non-hydrogen) atoms. The molecule has 0 bridgehead atoms. The van der Waals surface area contributed by atoms with Crippen LogP contribution in [0.4, 0.5) is 10.1 Å². The number of nitrogens with one attached hydrogen (secondary N) is 2. The Balaban J connectivity index is 1.62. The van der Waals surface area contributed by atoms with Gasteiger partial charge in [0.1, 0.15) is 5.82 Å². The molecule has 0 spiro atoms. The van der Waals surface area contributed by atoms with Crippen LogP contribution in [0, 0.1) is 11.7 Å². The van der Waals surface area contributed by atoms with Crippen LogP contribution in [-0.2, 0) is 4.79 Å². The summed E-state index contributed by atoms with van der Waals surface area (Å²) in [5.41, 5.74) is 3.19. The first-order chi connectivity index (χ1) is 12.1. The van der Waals surface area contributed by atoms with Crippen molar-refractivity contribution in [2.75, 3.05) is 25.5 Å². The quantitative estimate of drug-likeness (QED) is 0.770. The average Bonchev–Trinajstić information content (AvgIpc) is 3.22. The van der Waals surface area contributed by atoms with Gasteiger partial charge < -0.3 is 10.2 Å². The molecule has 0 radical (unpaired) electrons. The Hall–Kier alpha value is -2.73. The molecule has 2 aromatic carbocycles. The fraction of sp³-hybridized carbons (Fsp3) is 0.263. The van der Waals surface area contributed by atoms with Gasteiger partial charge in [0.2, 0.25) is 5.91 Å². The van der Waals surface area contributed by atoms with Crippen molar-refractivity contribution in [2.45, 2.75) is 6.42 Å². The highest BCUT2D eigenvalue weighted by Gasteiger charge is 2.26. The van der Waals surface area contributed by atoms with Gasteiger partial charge in [0.25, 0.3) is 0 Å².